The van der Waals surface area contributed by atoms with Gasteiger partial charge in [0.15, 0.2) is 0 Å². The number of hydrogen-bond donors (Lipinski definition) is 1. The molecule has 5 nitrogen and oxygen atoms in total. The molecular weight excluding hydrogens is 234 g/mol. The molecule has 1 aliphatic heterocycles. The summed E-state index contributed by atoms with van der Waals surface area (Å²) in [5, 5.41) is 8.80. The van der Waals surface area contributed by atoms with Crippen molar-refractivity contribution in [1.29, 1.82) is 0 Å². The molecule has 2 rings (SSSR count). The van der Waals surface area contributed by atoms with Crippen molar-refractivity contribution < 1.29 is 19.4 Å². The van der Waals surface area contributed by atoms with E-state index in [-0.39, 0.29) is 17.6 Å². The summed E-state index contributed by atoms with van der Waals surface area (Å²) < 4.78 is 5.33. The first-order chi connectivity index (χ1) is 8.59. The highest BCUT2D eigenvalue weighted by atomic mass is 16.5. The van der Waals surface area contributed by atoms with Crippen LogP contribution in [0.3, 0.4) is 0 Å². The number of nitrogens with zero attached hydrogens (tertiary/aromatic N) is 1. The van der Waals surface area contributed by atoms with Gasteiger partial charge in [0.25, 0.3) is 5.91 Å². The fourth-order valence-electron chi connectivity index (χ4n) is 1.94. The van der Waals surface area contributed by atoms with E-state index >= 15 is 0 Å². The van der Waals surface area contributed by atoms with Gasteiger partial charge in [-0.1, -0.05) is 0 Å². The maximum atomic E-state index is 12.0. The van der Waals surface area contributed by atoms with Crippen LogP contribution in [0, 0.1) is 0 Å². The number of hydrogen-bond acceptors (Lipinski definition) is 3. The van der Waals surface area contributed by atoms with Crippen LogP contribution in [0.25, 0.3) is 0 Å². The van der Waals surface area contributed by atoms with Gasteiger partial charge >= 0.3 is 5.97 Å². The SMILES string of the molecule is CN(C(=O)[C@@H]1CCCO1)c1ccc(C(=O)O)cc1. The monoisotopic (exact) mass is 249 g/mol. The van der Waals surface area contributed by atoms with E-state index in [2.05, 4.69) is 0 Å². The minimum Gasteiger partial charge on any atom is -0.478 e. The average Bonchev–Trinajstić information content (AvgIpc) is 2.91. The van der Waals surface area contributed by atoms with Crippen LogP contribution in [-0.4, -0.2) is 36.7 Å². The molecule has 1 aromatic carbocycles. The van der Waals surface area contributed by atoms with Crippen LogP contribution in [0.4, 0.5) is 5.69 Å². The summed E-state index contributed by atoms with van der Waals surface area (Å²) in [5.41, 5.74) is 0.872. The number of aromatic carboxylic acids is 1. The molecule has 0 unspecified atom stereocenters. The molecular formula is C13H15NO4. The second kappa shape index (κ2) is 5.18. The minimum atomic E-state index is -0.977. The Bertz CT molecular complexity index is 449. The molecule has 1 fully saturated rings. The molecule has 1 saturated heterocycles. The van der Waals surface area contributed by atoms with Crippen LogP contribution in [-0.2, 0) is 9.53 Å². The van der Waals surface area contributed by atoms with Crippen LogP contribution in [0.15, 0.2) is 24.3 Å². The van der Waals surface area contributed by atoms with E-state index in [0.717, 1.165) is 12.8 Å². The fourth-order valence-corrected chi connectivity index (χ4v) is 1.94. The Balaban J connectivity index is 2.10. The van der Waals surface area contributed by atoms with Gasteiger partial charge in [0, 0.05) is 19.3 Å². The fraction of sp³-hybridized carbons (Fsp3) is 0.385. The Kier molecular flexibility index (Phi) is 3.62. The summed E-state index contributed by atoms with van der Waals surface area (Å²) in [6.45, 7) is 0.627. The van der Waals surface area contributed by atoms with E-state index in [1.165, 1.54) is 17.0 Å². The Morgan fingerprint density at radius 3 is 2.50 bits per heavy atom. The number of rotatable bonds is 3. The molecule has 0 aliphatic carbocycles. The van der Waals surface area contributed by atoms with Crippen molar-refractivity contribution in [3.63, 3.8) is 0 Å². The molecule has 0 radical (unpaired) electrons. The molecule has 96 valence electrons. The minimum absolute atomic E-state index is 0.0874. The second-order valence-electron chi connectivity index (χ2n) is 4.25. The van der Waals surface area contributed by atoms with Gasteiger partial charge in [-0.15, -0.1) is 0 Å². The maximum absolute atomic E-state index is 12.0. The van der Waals surface area contributed by atoms with Crippen LogP contribution in [0.2, 0.25) is 0 Å². The highest BCUT2D eigenvalue weighted by Gasteiger charge is 2.27. The number of carbonyl (C=O) groups is 2. The lowest BCUT2D eigenvalue weighted by Gasteiger charge is -2.20. The number of carboxylic acids is 1. The van der Waals surface area contributed by atoms with Crippen LogP contribution in [0.1, 0.15) is 23.2 Å². The van der Waals surface area contributed by atoms with Gasteiger partial charge in [-0.2, -0.15) is 0 Å². The number of anilines is 1. The molecule has 0 saturated carbocycles. The van der Waals surface area contributed by atoms with Crippen molar-refractivity contribution in [2.45, 2.75) is 18.9 Å². The summed E-state index contributed by atoms with van der Waals surface area (Å²) in [6.07, 6.45) is 1.28. The predicted octanol–water partition coefficient (Wildman–Crippen LogP) is 1.53. The zero-order valence-electron chi connectivity index (χ0n) is 10.1. The molecule has 1 aliphatic rings. The van der Waals surface area contributed by atoms with E-state index in [4.69, 9.17) is 9.84 Å². The molecule has 18 heavy (non-hydrogen) atoms. The maximum Gasteiger partial charge on any atom is 0.335 e. The summed E-state index contributed by atoms with van der Waals surface area (Å²) in [5.74, 6) is -1.06. The zero-order chi connectivity index (χ0) is 13.1. The molecule has 0 aromatic heterocycles. The number of ether oxygens (including phenoxy) is 1. The molecule has 1 amide bonds. The van der Waals surface area contributed by atoms with Crippen molar-refractivity contribution >= 4 is 17.6 Å². The number of carbonyl (C=O) groups excluding carboxylic acids is 1. The molecule has 1 N–H and O–H groups in total. The Morgan fingerprint density at radius 2 is 2.00 bits per heavy atom. The molecule has 0 bridgehead atoms. The van der Waals surface area contributed by atoms with Gasteiger partial charge < -0.3 is 14.7 Å². The van der Waals surface area contributed by atoms with E-state index in [1.807, 2.05) is 0 Å². The van der Waals surface area contributed by atoms with E-state index in [0.29, 0.717) is 12.3 Å². The first-order valence-corrected chi connectivity index (χ1v) is 5.82. The molecule has 1 atom stereocenters. The smallest absolute Gasteiger partial charge is 0.335 e. The van der Waals surface area contributed by atoms with Crippen molar-refractivity contribution in [2.75, 3.05) is 18.6 Å². The van der Waals surface area contributed by atoms with Crippen molar-refractivity contribution in [1.82, 2.24) is 0 Å². The third-order valence-electron chi connectivity index (χ3n) is 3.04. The van der Waals surface area contributed by atoms with Gasteiger partial charge in [0.2, 0.25) is 0 Å². The van der Waals surface area contributed by atoms with Gasteiger partial charge in [-0.25, -0.2) is 4.79 Å². The predicted molar refractivity (Wildman–Crippen MR) is 65.8 cm³/mol. The van der Waals surface area contributed by atoms with E-state index < -0.39 is 5.97 Å². The van der Waals surface area contributed by atoms with Gasteiger partial charge in [-0.3, -0.25) is 4.79 Å². The molecule has 0 spiro atoms. The summed E-state index contributed by atoms with van der Waals surface area (Å²) in [6, 6.07) is 6.21. The largest absolute Gasteiger partial charge is 0.478 e. The lowest BCUT2D eigenvalue weighted by molar-refractivity contribution is -0.127. The van der Waals surface area contributed by atoms with Crippen LogP contribution >= 0.6 is 0 Å². The topological polar surface area (TPSA) is 66.8 Å². The second-order valence-corrected chi connectivity index (χ2v) is 4.25. The first kappa shape index (κ1) is 12.6. The lowest BCUT2D eigenvalue weighted by atomic mass is 10.1. The summed E-state index contributed by atoms with van der Waals surface area (Å²) in [7, 11) is 1.67. The third-order valence-corrected chi connectivity index (χ3v) is 3.04. The highest BCUT2D eigenvalue weighted by molar-refractivity contribution is 5.96. The quantitative estimate of drug-likeness (QED) is 0.882. The molecule has 1 heterocycles. The van der Waals surface area contributed by atoms with Gasteiger partial charge in [0.05, 0.1) is 5.56 Å². The Hall–Kier alpha value is -1.88. The number of likely N-dealkylation sites (N-methyl/N-ethyl adjacent to an activating group) is 1. The Morgan fingerprint density at radius 1 is 1.33 bits per heavy atom. The summed E-state index contributed by atoms with van der Waals surface area (Å²) in [4.78, 5) is 24.3. The van der Waals surface area contributed by atoms with Crippen molar-refractivity contribution in [3.8, 4) is 0 Å². The number of benzene rings is 1. The van der Waals surface area contributed by atoms with Crippen LogP contribution < -0.4 is 4.90 Å². The van der Waals surface area contributed by atoms with Crippen LogP contribution in [0.5, 0.6) is 0 Å². The Labute approximate surface area is 105 Å². The first-order valence-electron chi connectivity index (χ1n) is 5.82. The van der Waals surface area contributed by atoms with Gasteiger partial charge in [-0.05, 0) is 37.1 Å². The zero-order valence-corrected chi connectivity index (χ0v) is 10.1. The highest BCUT2D eigenvalue weighted by Crippen LogP contribution is 2.19. The standard InChI is InChI=1S/C13H15NO4/c1-14(12(15)11-3-2-8-18-11)10-6-4-9(5-7-10)13(16)17/h4-7,11H,2-3,8H2,1H3,(H,16,17)/t11-/m0/s1. The number of carboxylic acid groups (broad SMARTS) is 1. The lowest BCUT2D eigenvalue weighted by Crippen LogP contribution is -2.36. The summed E-state index contributed by atoms with van der Waals surface area (Å²) >= 11 is 0. The van der Waals surface area contributed by atoms with E-state index in [9.17, 15) is 9.59 Å². The van der Waals surface area contributed by atoms with Crippen molar-refractivity contribution in [2.24, 2.45) is 0 Å². The van der Waals surface area contributed by atoms with Gasteiger partial charge in [0.1, 0.15) is 6.10 Å². The molecule has 5 heteroatoms. The average molecular weight is 249 g/mol. The number of amides is 1. The van der Waals surface area contributed by atoms with Crippen molar-refractivity contribution in [3.05, 3.63) is 29.8 Å². The molecule has 1 aromatic rings. The normalized spacial score (nSPS) is 18.6. The third kappa shape index (κ3) is 2.51. The van der Waals surface area contributed by atoms with E-state index in [1.54, 1.807) is 19.2 Å².